The number of carboxylic acids is 1. The summed E-state index contributed by atoms with van der Waals surface area (Å²) in [5.74, 6) is -1.67. The van der Waals surface area contributed by atoms with Crippen LogP contribution in [0.4, 0.5) is 11.4 Å². The van der Waals surface area contributed by atoms with Gasteiger partial charge in [-0.05, 0) is 25.1 Å². The van der Waals surface area contributed by atoms with Gasteiger partial charge in [0, 0.05) is 12.1 Å². The first-order valence-electron chi connectivity index (χ1n) is 7.58. The molecule has 9 heteroatoms. The van der Waals surface area contributed by atoms with E-state index in [0.717, 1.165) is 18.2 Å². The van der Waals surface area contributed by atoms with Gasteiger partial charge in [0.25, 0.3) is 5.91 Å². The number of rotatable bonds is 8. The molecule has 0 saturated heterocycles. The summed E-state index contributed by atoms with van der Waals surface area (Å²) in [6.45, 7) is 1.68. The van der Waals surface area contributed by atoms with Crippen molar-refractivity contribution in [2.24, 2.45) is 0 Å². The number of benzene rings is 2. The van der Waals surface area contributed by atoms with Crippen molar-refractivity contribution in [2.45, 2.75) is 6.92 Å². The minimum Gasteiger partial charge on any atom is -0.492 e. The van der Waals surface area contributed by atoms with E-state index in [9.17, 15) is 19.7 Å². The van der Waals surface area contributed by atoms with Crippen LogP contribution in [0.15, 0.2) is 42.5 Å². The molecule has 0 radical (unpaired) electrons. The topological polar surface area (TPSA) is 128 Å². The number of nitrogens with one attached hydrogen (secondary N) is 1. The Morgan fingerprint density at radius 3 is 2.54 bits per heavy atom. The molecule has 1 amide bonds. The van der Waals surface area contributed by atoms with Crippen LogP contribution in [0.5, 0.6) is 11.5 Å². The maximum atomic E-state index is 12.1. The minimum atomic E-state index is -1.26. The van der Waals surface area contributed by atoms with Gasteiger partial charge in [0.1, 0.15) is 5.75 Å². The first-order chi connectivity index (χ1) is 12.4. The fourth-order valence-corrected chi connectivity index (χ4v) is 2.09. The van der Waals surface area contributed by atoms with Crippen molar-refractivity contribution in [1.82, 2.24) is 0 Å². The highest BCUT2D eigenvalue weighted by molar-refractivity contribution is 5.93. The molecule has 2 N–H and O–H groups in total. The number of nitro groups is 1. The number of aromatic carboxylic acids is 1. The molecule has 0 saturated carbocycles. The van der Waals surface area contributed by atoms with Crippen LogP contribution in [-0.4, -0.2) is 35.1 Å². The Labute approximate surface area is 148 Å². The van der Waals surface area contributed by atoms with Gasteiger partial charge < -0.3 is 19.9 Å². The molecule has 2 aromatic carbocycles. The maximum Gasteiger partial charge on any atom is 0.335 e. The largest absolute Gasteiger partial charge is 0.492 e. The van der Waals surface area contributed by atoms with Gasteiger partial charge in [0.2, 0.25) is 0 Å². The zero-order valence-corrected chi connectivity index (χ0v) is 13.8. The molecule has 0 aliphatic carbocycles. The van der Waals surface area contributed by atoms with Gasteiger partial charge in [-0.25, -0.2) is 4.79 Å². The monoisotopic (exact) mass is 360 g/mol. The average Bonchev–Trinajstić information content (AvgIpc) is 2.61. The van der Waals surface area contributed by atoms with Gasteiger partial charge in [-0.1, -0.05) is 12.1 Å². The van der Waals surface area contributed by atoms with E-state index >= 15 is 0 Å². The summed E-state index contributed by atoms with van der Waals surface area (Å²) < 4.78 is 10.5. The smallest absolute Gasteiger partial charge is 0.335 e. The Hall–Kier alpha value is -3.62. The van der Waals surface area contributed by atoms with E-state index < -0.39 is 29.1 Å². The Bertz CT molecular complexity index is 836. The first-order valence-corrected chi connectivity index (χ1v) is 7.58. The summed E-state index contributed by atoms with van der Waals surface area (Å²) in [5, 5.41) is 22.6. The Balaban J connectivity index is 2.11. The van der Waals surface area contributed by atoms with Gasteiger partial charge in [-0.15, -0.1) is 0 Å². The third-order valence-corrected chi connectivity index (χ3v) is 3.22. The lowest BCUT2D eigenvalue weighted by molar-refractivity contribution is -0.385. The first kappa shape index (κ1) is 18.7. The molecule has 0 spiro atoms. The van der Waals surface area contributed by atoms with Crippen LogP contribution in [0.3, 0.4) is 0 Å². The molecule has 0 atom stereocenters. The fraction of sp³-hybridized carbons (Fsp3) is 0.176. The van der Waals surface area contributed by atoms with E-state index in [0.29, 0.717) is 18.0 Å². The molecule has 2 rings (SSSR count). The molecule has 0 fully saturated rings. The van der Waals surface area contributed by atoms with Gasteiger partial charge in [0.05, 0.1) is 22.8 Å². The number of para-hydroxylation sites is 2. The molecule has 0 heterocycles. The van der Waals surface area contributed by atoms with Crippen molar-refractivity contribution >= 4 is 23.3 Å². The lowest BCUT2D eigenvalue weighted by Gasteiger charge is -2.12. The number of hydrogen-bond acceptors (Lipinski definition) is 6. The van der Waals surface area contributed by atoms with Crippen molar-refractivity contribution < 1.29 is 29.1 Å². The number of carboxylic acid groups (broad SMARTS) is 1. The summed E-state index contributed by atoms with van der Waals surface area (Å²) in [7, 11) is 0. The van der Waals surface area contributed by atoms with Crippen molar-refractivity contribution in [2.75, 3.05) is 18.5 Å². The molecule has 0 aromatic heterocycles. The van der Waals surface area contributed by atoms with Crippen LogP contribution in [0.25, 0.3) is 0 Å². The molecular formula is C17H16N2O7. The van der Waals surface area contributed by atoms with Crippen molar-refractivity contribution in [3.63, 3.8) is 0 Å². The minimum absolute atomic E-state index is 0.187. The van der Waals surface area contributed by atoms with E-state index in [4.69, 9.17) is 14.6 Å². The normalized spacial score (nSPS) is 10.0. The van der Waals surface area contributed by atoms with Crippen LogP contribution < -0.4 is 14.8 Å². The highest BCUT2D eigenvalue weighted by Crippen LogP contribution is 2.28. The number of hydrogen-bond donors (Lipinski definition) is 2. The molecule has 2 aromatic rings. The SMILES string of the molecule is CCOc1ccccc1NC(=O)COc1cc(C(=O)O)ccc1[N+](=O)[O-]. The second-order valence-electron chi connectivity index (χ2n) is 5.01. The van der Waals surface area contributed by atoms with Crippen molar-refractivity contribution in [1.29, 1.82) is 0 Å². The van der Waals surface area contributed by atoms with E-state index in [1.807, 2.05) is 0 Å². The summed E-state index contributed by atoms with van der Waals surface area (Å²) in [6.07, 6.45) is 0. The number of carbonyl (C=O) groups is 2. The van der Waals surface area contributed by atoms with Crippen LogP contribution in [0, 0.1) is 10.1 Å². The Morgan fingerprint density at radius 2 is 1.88 bits per heavy atom. The Morgan fingerprint density at radius 1 is 1.15 bits per heavy atom. The van der Waals surface area contributed by atoms with Gasteiger partial charge in [-0.2, -0.15) is 0 Å². The molecule has 0 aliphatic rings. The third kappa shape index (κ3) is 4.69. The highest BCUT2D eigenvalue weighted by atomic mass is 16.6. The lowest BCUT2D eigenvalue weighted by atomic mass is 10.2. The van der Waals surface area contributed by atoms with Crippen LogP contribution in [-0.2, 0) is 4.79 Å². The van der Waals surface area contributed by atoms with E-state index in [1.54, 1.807) is 31.2 Å². The average molecular weight is 360 g/mol. The number of nitro benzene ring substituents is 1. The van der Waals surface area contributed by atoms with Gasteiger partial charge in [-0.3, -0.25) is 14.9 Å². The number of anilines is 1. The van der Waals surface area contributed by atoms with Crippen LogP contribution in [0.1, 0.15) is 17.3 Å². The molecule has 0 unspecified atom stereocenters. The molecule has 136 valence electrons. The second kappa shape index (κ2) is 8.47. The standard InChI is InChI=1S/C17H16N2O7/c1-2-25-14-6-4-3-5-12(14)18-16(20)10-26-15-9-11(17(21)22)7-8-13(15)19(23)24/h3-9H,2,10H2,1H3,(H,18,20)(H,21,22). The van der Waals surface area contributed by atoms with Crippen molar-refractivity contribution in [3.05, 3.63) is 58.1 Å². The van der Waals surface area contributed by atoms with Crippen LogP contribution >= 0.6 is 0 Å². The molecule has 26 heavy (non-hydrogen) atoms. The Kier molecular flexibility index (Phi) is 6.10. The molecule has 9 nitrogen and oxygen atoms in total. The number of ether oxygens (including phenoxy) is 2. The molecule has 0 bridgehead atoms. The van der Waals surface area contributed by atoms with Gasteiger partial charge >= 0.3 is 11.7 Å². The van der Waals surface area contributed by atoms with Crippen molar-refractivity contribution in [3.8, 4) is 11.5 Å². The number of carbonyl (C=O) groups excluding carboxylic acids is 1. The quantitative estimate of drug-likeness (QED) is 0.547. The lowest BCUT2D eigenvalue weighted by Crippen LogP contribution is -2.21. The maximum absolute atomic E-state index is 12.1. The molecule has 0 aliphatic heterocycles. The summed E-state index contributed by atoms with van der Waals surface area (Å²) in [6, 6.07) is 9.88. The zero-order valence-electron chi connectivity index (χ0n) is 13.8. The predicted octanol–water partition coefficient (Wildman–Crippen LogP) is 2.71. The summed E-state index contributed by atoms with van der Waals surface area (Å²) >= 11 is 0. The fourth-order valence-electron chi connectivity index (χ4n) is 2.09. The number of nitrogens with zero attached hydrogens (tertiary/aromatic N) is 1. The summed E-state index contributed by atoms with van der Waals surface area (Å²) in [5.41, 5.74) is -0.193. The highest BCUT2D eigenvalue weighted by Gasteiger charge is 2.19. The predicted molar refractivity (Wildman–Crippen MR) is 91.8 cm³/mol. The van der Waals surface area contributed by atoms with Gasteiger partial charge in [0.15, 0.2) is 12.4 Å². The third-order valence-electron chi connectivity index (χ3n) is 3.22. The number of amides is 1. The van der Waals surface area contributed by atoms with E-state index in [2.05, 4.69) is 5.32 Å². The van der Waals surface area contributed by atoms with E-state index in [-0.39, 0.29) is 11.3 Å². The summed E-state index contributed by atoms with van der Waals surface area (Å²) in [4.78, 5) is 33.4. The second-order valence-corrected chi connectivity index (χ2v) is 5.01. The van der Waals surface area contributed by atoms with Crippen LogP contribution in [0.2, 0.25) is 0 Å². The zero-order chi connectivity index (χ0) is 19.1. The molecular weight excluding hydrogens is 344 g/mol. The van der Waals surface area contributed by atoms with E-state index in [1.165, 1.54) is 0 Å².